The number of rotatable bonds is 3. The normalized spacial score (nSPS) is 11.5. The van der Waals surface area contributed by atoms with E-state index in [1.807, 2.05) is 36.2 Å². The Hall–Kier alpha value is -1.27. The number of anilines is 1. The zero-order chi connectivity index (χ0) is 15.2. The van der Waals surface area contributed by atoms with E-state index in [1.54, 1.807) is 0 Å². The number of benzene rings is 2. The summed E-state index contributed by atoms with van der Waals surface area (Å²) in [5, 5.41) is 0. The Morgan fingerprint density at radius 2 is 1.86 bits per heavy atom. The number of halogens is 2. The Kier molecular flexibility index (Phi) is 5.87. The second kappa shape index (κ2) is 7.66. The topological polar surface area (TPSA) is 41.6 Å². The summed E-state index contributed by atoms with van der Waals surface area (Å²) in [4.78, 5) is 5.98. The van der Waals surface area contributed by atoms with E-state index in [9.17, 15) is 0 Å². The van der Waals surface area contributed by atoms with Crippen molar-refractivity contribution < 1.29 is 0 Å². The number of hydrogen-bond acceptors (Lipinski definition) is 1. The molecule has 0 aliphatic heterocycles. The predicted octanol–water partition coefficient (Wildman–Crippen LogP) is 3.95. The third-order valence-electron chi connectivity index (χ3n) is 3.01. The molecule has 2 aliphatic carbocycles. The van der Waals surface area contributed by atoms with Crippen LogP contribution in [0.15, 0.2) is 53.5 Å². The maximum absolute atomic E-state index is 5.80. The first kappa shape index (κ1) is 16.1. The molecule has 0 bridgehead atoms. The fourth-order valence-electron chi connectivity index (χ4n) is 1.76. The van der Waals surface area contributed by atoms with Crippen LogP contribution < -0.4 is 10.6 Å². The van der Waals surface area contributed by atoms with Crippen LogP contribution in [0.2, 0.25) is 0 Å². The van der Waals surface area contributed by atoms with Crippen molar-refractivity contribution in [3.05, 3.63) is 52.1 Å². The molecular formula is C16H17ClIN3. The van der Waals surface area contributed by atoms with Crippen LogP contribution in [-0.4, -0.2) is 25.4 Å². The highest BCUT2D eigenvalue weighted by Crippen LogP contribution is 2.32. The van der Waals surface area contributed by atoms with Crippen LogP contribution in [0.1, 0.15) is 0 Å². The van der Waals surface area contributed by atoms with Gasteiger partial charge in [-0.3, -0.25) is 4.99 Å². The number of alkyl halides is 1. The molecular weight excluding hydrogens is 397 g/mol. The SMILES string of the molecule is CN(C(N)=NCCCl)c1cccc(I)c1.c1cc2cc-2c1. The van der Waals surface area contributed by atoms with Crippen molar-refractivity contribution >= 4 is 45.8 Å². The monoisotopic (exact) mass is 413 g/mol. The van der Waals surface area contributed by atoms with Gasteiger partial charge < -0.3 is 10.6 Å². The number of guanidine groups is 1. The Labute approximate surface area is 144 Å². The maximum atomic E-state index is 5.80. The molecule has 3 nitrogen and oxygen atoms in total. The minimum atomic E-state index is 0.484. The van der Waals surface area contributed by atoms with Crippen LogP contribution in [0.4, 0.5) is 5.69 Å². The largest absolute Gasteiger partial charge is 0.370 e. The van der Waals surface area contributed by atoms with Crippen LogP contribution in [-0.2, 0) is 0 Å². The summed E-state index contributed by atoms with van der Waals surface area (Å²) in [6, 6.07) is 16.5. The van der Waals surface area contributed by atoms with Crippen LogP contribution in [0.25, 0.3) is 11.1 Å². The summed E-state index contributed by atoms with van der Waals surface area (Å²) in [5.41, 5.74) is 9.68. The van der Waals surface area contributed by atoms with Crippen molar-refractivity contribution in [1.29, 1.82) is 0 Å². The molecule has 0 radical (unpaired) electrons. The maximum Gasteiger partial charge on any atom is 0.195 e. The van der Waals surface area contributed by atoms with Crippen molar-refractivity contribution in [3.8, 4) is 11.1 Å². The van der Waals surface area contributed by atoms with Crippen LogP contribution >= 0.6 is 34.2 Å². The first-order valence-electron chi connectivity index (χ1n) is 6.57. The van der Waals surface area contributed by atoms with Gasteiger partial charge >= 0.3 is 0 Å². The van der Waals surface area contributed by atoms with Gasteiger partial charge in [0.2, 0.25) is 0 Å². The van der Waals surface area contributed by atoms with E-state index < -0.39 is 0 Å². The standard InChI is InChI=1S/C10H13ClIN3.C6H4/c1-15(10(13)14-6-5-11)9-4-2-3-8(12)7-9;1-2-5-4-6(5)3-1/h2-4,7H,5-6H2,1H3,(H2,13,14);1-4H. The Morgan fingerprint density at radius 3 is 2.33 bits per heavy atom. The van der Waals surface area contributed by atoms with Gasteiger partial charge in [0.25, 0.3) is 0 Å². The smallest absolute Gasteiger partial charge is 0.195 e. The molecule has 3 rings (SSSR count). The minimum Gasteiger partial charge on any atom is -0.370 e. The second-order valence-corrected chi connectivity index (χ2v) is 6.17. The molecule has 1 aromatic rings. The lowest BCUT2D eigenvalue weighted by atomic mass is 10.3. The van der Waals surface area contributed by atoms with Gasteiger partial charge in [0, 0.05) is 22.2 Å². The summed E-state index contributed by atoms with van der Waals surface area (Å²) in [7, 11) is 1.89. The molecule has 0 heterocycles. The first-order valence-corrected chi connectivity index (χ1v) is 8.19. The number of nitrogens with two attached hydrogens (primary N) is 1. The van der Waals surface area contributed by atoms with Crippen LogP contribution in [0.3, 0.4) is 0 Å². The molecule has 0 fully saturated rings. The van der Waals surface area contributed by atoms with Crippen LogP contribution in [0, 0.1) is 3.57 Å². The van der Waals surface area contributed by atoms with E-state index in [-0.39, 0.29) is 0 Å². The summed E-state index contributed by atoms with van der Waals surface area (Å²) in [6.07, 6.45) is 0. The number of fused-ring (bicyclic) bond motifs is 1. The lowest BCUT2D eigenvalue weighted by Crippen LogP contribution is -2.34. The second-order valence-electron chi connectivity index (χ2n) is 4.55. The summed E-state index contributed by atoms with van der Waals surface area (Å²) in [6.45, 7) is 0.543. The van der Waals surface area contributed by atoms with Gasteiger partial charge in [-0.2, -0.15) is 0 Å². The molecule has 0 amide bonds. The highest BCUT2D eigenvalue weighted by Gasteiger charge is 2.07. The molecule has 2 aliphatic rings. The molecule has 1 aromatic carbocycles. The van der Waals surface area contributed by atoms with E-state index in [0.29, 0.717) is 18.4 Å². The lowest BCUT2D eigenvalue weighted by Gasteiger charge is -2.18. The molecule has 0 spiro atoms. The fraction of sp³-hybridized carbons (Fsp3) is 0.188. The molecule has 0 saturated heterocycles. The average Bonchev–Trinajstić information content (AvgIpc) is 3.10. The van der Waals surface area contributed by atoms with E-state index >= 15 is 0 Å². The third kappa shape index (κ3) is 4.89. The predicted molar refractivity (Wildman–Crippen MR) is 100 cm³/mol. The Morgan fingerprint density at radius 1 is 1.19 bits per heavy atom. The van der Waals surface area contributed by atoms with Gasteiger partial charge in [0.1, 0.15) is 0 Å². The van der Waals surface area contributed by atoms with Gasteiger partial charge in [-0.05, 0) is 58.0 Å². The third-order valence-corrected chi connectivity index (χ3v) is 3.85. The van der Waals surface area contributed by atoms with E-state index in [1.165, 1.54) is 14.7 Å². The summed E-state index contributed by atoms with van der Waals surface area (Å²) < 4.78 is 1.17. The van der Waals surface area contributed by atoms with Crippen LogP contribution in [0.5, 0.6) is 0 Å². The zero-order valence-electron chi connectivity index (χ0n) is 11.8. The summed E-state index contributed by atoms with van der Waals surface area (Å²) >= 11 is 7.80. The van der Waals surface area contributed by atoms with E-state index in [0.717, 1.165) is 5.69 Å². The molecule has 110 valence electrons. The first-order chi connectivity index (χ1) is 10.1. The molecule has 0 unspecified atom stereocenters. The van der Waals surface area contributed by atoms with Gasteiger partial charge in [0.05, 0.1) is 6.54 Å². The molecule has 0 aromatic heterocycles. The van der Waals surface area contributed by atoms with Gasteiger partial charge in [-0.15, -0.1) is 11.6 Å². The number of aliphatic imine (C=N–C) groups is 1. The van der Waals surface area contributed by atoms with Crippen molar-refractivity contribution in [1.82, 2.24) is 0 Å². The molecule has 0 atom stereocenters. The van der Waals surface area contributed by atoms with E-state index in [4.69, 9.17) is 17.3 Å². The average molecular weight is 414 g/mol. The van der Waals surface area contributed by atoms with Crippen molar-refractivity contribution in [2.75, 3.05) is 24.4 Å². The zero-order valence-corrected chi connectivity index (χ0v) is 14.7. The quantitative estimate of drug-likeness (QED) is 0.306. The molecule has 21 heavy (non-hydrogen) atoms. The highest BCUT2D eigenvalue weighted by atomic mass is 127. The van der Waals surface area contributed by atoms with Crippen molar-refractivity contribution in [2.45, 2.75) is 0 Å². The van der Waals surface area contributed by atoms with Crippen molar-refractivity contribution in [2.24, 2.45) is 10.7 Å². The number of hydrogen-bond donors (Lipinski definition) is 1. The van der Waals surface area contributed by atoms with Crippen molar-refractivity contribution in [3.63, 3.8) is 0 Å². The Bertz CT molecular complexity index is 626. The van der Waals surface area contributed by atoms with E-state index in [2.05, 4.69) is 51.8 Å². The van der Waals surface area contributed by atoms with Gasteiger partial charge in [0.15, 0.2) is 5.96 Å². The highest BCUT2D eigenvalue weighted by molar-refractivity contribution is 14.1. The Balaban J connectivity index is 0.000000218. The van der Waals surface area contributed by atoms with Gasteiger partial charge in [-0.25, -0.2) is 0 Å². The number of nitrogens with zero attached hydrogens (tertiary/aromatic N) is 2. The summed E-state index contributed by atoms with van der Waals surface area (Å²) in [5.74, 6) is 0.971. The molecule has 0 saturated carbocycles. The fourth-order valence-corrected chi connectivity index (χ4v) is 2.37. The minimum absolute atomic E-state index is 0.484. The lowest BCUT2D eigenvalue weighted by molar-refractivity contribution is 1.09. The molecule has 5 heteroatoms. The van der Waals surface area contributed by atoms with Gasteiger partial charge in [-0.1, -0.05) is 24.3 Å². The molecule has 2 N–H and O–H groups in total.